The average Bonchev–Trinajstić information content (AvgIpc) is 3.52. The molecule has 0 radical (unpaired) electrons. The lowest BCUT2D eigenvalue weighted by molar-refractivity contribution is -0.122. The van der Waals surface area contributed by atoms with Crippen LogP contribution in [0.1, 0.15) is 43.4 Å². The van der Waals surface area contributed by atoms with E-state index in [2.05, 4.69) is 5.32 Å². The summed E-state index contributed by atoms with van der Waals surface area (Å²) in [4.78, 5) is 45.8. The third-order valence-corrected chi connectivity index (χ3v) is 8.91. The summed E-state index contributed by atoms with van der Waals surface area (Å²) in [5.41, 5.74) is 1.76. The number of hydrogen-bond acceptors (Lipinski definition) is 6. The zero-order valence-electron chi connectivity index (χ0n) is 23.4. The number of anilines is 1. The molecular formula is C35H27FN2O5. The van der Waals surface area contributed by atoms with Crippen LogP contribution in [0, 0.1) is 11.7 Å². The summed E-state index contributed by atoms with van der Waals surface area (Å²) in [5, 5.41) is 3.01. The third kappa shape index (κ3) is 3.75. The number of fused-ring (bicyclic) bond motifs is 6. The smallest absolute Gasteiger partial charge is 0.238 e. The molecule has 3 heterocycles. The Morgan fingerprint density at radius 2 is 1.63 bits per heavy atom. The standard InChI is InChI=1S/C35H27FN2O5/c1-42-23-10-7-9-21(18-23)32(40)30-29(31(39)22-14-15-28(43-2)26(36)19-22)35(25-12-5-6-13-27(25)37-34(35)41)33-24-11-4-3-8-20(24)16-17-38(30)33/h3-19,29-30,33H,1-2H3,(H,37,41)/t29-,30+,33+,35-/m1/s1. The highest BCUT2D eigenvalue weighted by Crippen LogP contribution is 2.62. The van der Waals surface area contributed by atoms with Gasteiger partial charge < -0.3 is 19.7 Å². The summed E-state index contributed by atoms with van der Waals surface area (Å²) in [6.45, 7) is 0. The Kier molecular flexibility index (Phi) is 6.16. The molecule has 7 nitrogen and oxygen atoms in total. The Morgan fingerprint density at radius 1 is 0.860 bits per heavy atom. The molecule has 0 saturated carbocycles. The van der Waals surface area contributed by atoms with Gasteiger partial charge in [-0.25, -0.2) is 4.39 Å². The van der Waals surface area contributed by atoms with Crippen LogP contribution in [0.5, 0.6) is 11.5 Å². The molecule has 4 atom stereocenters. The molecule has 4 aromatic rings. The molecule has 43 heavy (non-hydrogen) atoms. The first kappa shape index (κ1) is 26.6. The highest BCUT2D eigenvalue weighted by molar-refractivity contribution is 6.16. The maximum Gasteiger partial charge on any atom is 0.238 e. The summed E-state index contributed by atoms with van der Waals surface area (Å²) in [6, 6.07) is 23.8. The van der Waals surface area contributed by atoms with Gasteiger partial charge in [-0.15, -0.1) is 0 Å². The summed E-state index contributed by atoms with van der Waals surface area (Å²) in [5.74, 6) is -2.72. The minimum Gasteiger partial charge on any atom is -0.497 e. The number of hydrogen-bond donors (Lipinski definition) is 1. The van der Waals surface area contributed by atoms with Crippen molar-refractivity contribution in [1.82, 2.24) is 4.90 Å². The van der Waals surface area contributed by atoms with Gasteiger partial charge in [0.05, 0.1) is 26.2 Å². The first-order valence-corrected chi connectivity index (χ1v) is 13.9. The number of nitrogens with zero attached hydrogens (tertiary/aromatic N) is 1. The first-order chi connectivity index (χ1) is 20.9. The molecule has 3 aliphatic heterocycles. The van der Waals surface area contributed by atoms with E-state index >= 15 is 4.39 Å². The van der Waals surface area contributed by atoms with Crippen LogP contribution in [0.4, 0.5) is 10.1 Å². The molecule has 3 aliphatic rings. The van der Waals surface area contributed by atoms with E-state index in [4.69, 9.17) is 9.47 Å². The maximum atomic E-state index is 15.0. The Bertz CT molecular complexity index is 1850. The van der Waals surface area contributed by atoms with Gasteiger partial charge >= 0.3 is 0 Å². The largest absolute Gasteiger partial charge is 0.497 e. The lowest BCUT2D eigenvalue weighted by Gasteiger charge is -2.38. The molecular weight excluding hydrogens is 547 g/mol. The van der Waals surface area contributed by atoms with Gasteiger partial charge in [-0.1, -0.05) is 54.6 Å². The highest BCUT2D eigenvalue weighted by Gasteiger charge is 2.70. The van der Waals surface area contributed by atoms with Gasteiger partial charge in [-0.2, -0.15) is 0 Å². The number of halogens is 1. The van der Waals surface area contributed by atoms with E-state index in [1.54, 1.807) is 36.5 Å². The molecule has 0 aromatic heterocycles. The number of methoxy groups -OCH3 is 2. The van der Waals surface area contributed by atoms with E-state index in [1.807, 2.05) is 53.4 Å². The van der Waals surface area contributed by atoms with Crippen LogP contribution in [-0.4, -0.2) is 42.6 Å². The number of para-hydroxylation sites is 1. The van der Waals surface area contributed by atoms with Gasteiger partial charge in [0.1, 0.15) is 17.2 Å². The molecule has 1 saturated heterocycles. The summed E-state index contributed by atoms with van der Waals surface area (Å²) in [6.07, 6.45) is 3.69. The number of benzene rings is 4. The minimum absolute atomic E-state index is 0.0140. The van der Waals surface area contributed by atoms with E-state index in [9.17, 15) is 14.4 Å². The van der Waals surface area contributed by atoms with Crippen molar-refractivity contribution in [2.75, 3.05) is 19.5 Å². The van der Waals surface area contributed by atoms with Gasteiger partial charge in [0.2, 0.25) is 5.91 Å². The summed E-state index contributed by atoms with van der Waals surface area (Å²) >= 11 is 0. The summed E-state index contributed by atoms with van der Waals surface area (Å²) < 4.78 is 25.5. The number of amides is 1. The van der Waals surface area contributed by atoms with Crippen molar-refractivity contribution < 1.29 is 28.2 Å². The Labute approximate surface area is 247 Å². The van der Waals surface area contributed by atoms with Gasteiger partial charge in [0.25, 0.3) is 0 Å². The van der Waals surface area contributed by atoms with Crippen LogP contribution >= 0.6 is 0 Å². The molecule has 0 unspecified atom stereocenters. The topological polar surface area (TPSA) is 84.9 Å². The molecule has 1 N–H and O–H groups in total. The fourth-order valence-corrected chi connectivity index (χ4v) is 7.11. The number of ketones is 2. The molecule has 8 heteroatoms. The van der Waals surface area contributed by atoms with Gasteiger partial charge in [0.15, 0.2) is 23.1 Å². The SMILES string of the molecule is COc1cccc(C(=O)[C@@H]2[C@H](C(=O)c3ccc(OC)c(F)c3)[C@@]3(C(=O)Nc4ccccc43)[C@@H]3c4ccccc4C=CN23)c1. The van der Waals surface area contributed by atoms with Crippen molar-refractivity contribution in [2.24, 2.45) is 5.92 Å². The predicted octanol–water partition coefficient (Wildman–Crippen LogP) is 5.82. The molecule has 1 fully saturated rings. The van der Waals surface area contributed by atoms with Gasteiger partial charge in [0, 0.05) is 23.0 Å². The van der Waals surface area contributed by atoms with Crippen LogP contribution in [0.15, 0.2) is 97.2 Å². The van der Waals surface area contributed by atoms with Crippen LogP contribution < -0.4 is 14.8 Å². The molecule has 0 bridgehead atoms. The molecule has 214 valence electrons. The lowest BCUT2D eigenvalue weighted by Crippen LogP contribution is -2.49. The van der Waals surface area contributed by atoms with E-state index in [-0.39, 0.29) is 23.0 Å². The number of ether oxygens (including phenoxy) is 2. The second-order valence-corrected chi connectivity index (χ2v) is 10.9. The van der Waals surface area contributed by atoms with Crippen molar-refractivity contribution in [1.29, 1.82) is 0 Å². The maximum absolute atomic E-state index is 15.0. The lowest BCUT2D eigenvalue weighted by atomic mass is 9.62. The number of carbonyl (C=O) groups excluding carboxylic acids is 3. The third-order valence-electron chi connectivity index (χ3n) is 8.91. The van der Waals surface area contributed by atoms with Crippen molar-refractivity contribution in [3.63, 3.8) is 0 Å². The van der Waals surface area contributed by atoms with Gasteiger partial charge in [-0.05, 0) is 59.2 Å². The van der Waals surface area contributed by atoms with Crippen LogP contribution in [0.2, 0.25) is 0 Å². The zero-order valence-corrected chi connectivity index (χ0v) is 23.4. The zero-order chi connectivity index (χ0) is 29.9. The Balaban J connectivity index is 1.52. The fraction of sp³-hybridized carbons (Fsp3) is 0.171. The quantitative estimate of drug-likeness (QED) is 0.292. The Morgan fingerprint density at radius 3 is 2.42 bits per heavy atom. The summed E-state index contributed by atoms with van der Waals surface area (Å²) in [7, 11) is 2.86. The normalized spacial score (nSPS) is 22.9. The highest BCUT2D eigenvalue weighted by atomic mass is 19.1. The number of nitrogens with one attached hydrogen (secondary N) is 1. The van der Waals surface area contributed by atoms with E-state index in [1.165, 1.54) is 26.4 Å². The molecule has 1 amide bonds. The monoisotopic (exact) mass is 574 g/mol. The van der Waals surface area contributed by atoms with E-state index < -0.39 is 35.0 Å². The van der Waals surface area contributed by atoms with Gasteiger partial charge in [-0.3, -0.25) is 14.4 Å². The average molecular weight is 575 g/mol. The van der Waals surface area contributed by atoms with Crippen LogP contribution in [0.25, 0.3) is 6.08 Å². The molecule has 0 aliphatic carbocycles. The number of carbonyl (C=O) groups is 3. The van der Waals surface area contributed by atoms with Crippen molar-refractivity contribution in [3.8, 4) is 11.5 Å². The Hall–Kier alpha value is -5.24. The van der Waals surface area contributed by atoms with E-state index in [0.717, 1.165) is 17.2 Å². The molecule has 7 rings (SSSR count). The van der Waals surface area contributed by atoms with Crippen molar-refractivity contribution >= 4 is 29.2 Å². The van der Waals surface area contributed by atoms with Crippen molar-refractivity contribution in [2.45, 2.75) is 17.5 Å². The fourth-order valence-electron chi connectivity index (χ4n) is 7.11. The second-order valence-electron chi connectivity index (χ2n) is 10.9. The molecule has 4 aromatic carbocycles. The first-order valence-electron chi connectivity index (χ1n) is 13.9. The van der Waals surface area contributed by atoms with E-state index in [0.29, 0.717) is 22.6 Å². The second kappa shape index (κ2) is 9.94. The number of rotatable bonds is 6. The predicted molar refractivity (Wildman–Crippen MR) is 159 cm³/mol. The van der Waals surface area contributed by atoms with Crippen molar-refractivity contribution in [3.05, 3.63) is 131 Å². The van der Waals surface area contributed by atoms with Crippen LogP contribution in [-0.2, 0) is 10.2 Å². The minimum atomic E-state index is -1.51. The number of Topliss-reactive ketones (excluding diaryl/α,β-unsaturated/α-hetero) is 2. The van der Waals surface area contributed by atoms with Crippen LogP contribution in [0.3, 0.4) is 0 Å². The molecule has 1 spiro atoms.